The van der Waals surface area contributed by atoms with Crippen molar-refractivity contribution in [1.29, 1.82) is 0 Å². The Kier molecular flexibility index (Phi) is 2.21. The Labute approximate surface area is 99.5 Å². The number of benzene rings is 1. The van der Waals surface area contributed by atoms with Crippen molar-refractivity contribution >= 4 is 11.6 Å². The van der Waals surface area contributed by atoms with Crippen molar-refractivity contribution in [2.75, 3.05) is 11.4 Å². The van der Waals surface area contributed by atoms with Crippen LogP contribution >= 0.6 is 0 Å². The van der Waals surface area contributed by atoms with E-state index in [1.54, 1.807) is 16.9 Å². The van der Waals surface area contributed by atoms with Crippen molar-refractivity contribution in [3.63, 3.8) is 0 Å². The number of carbonyl (C=O) groups is 1. The highest BCUT2D eigenvalue weighted by Crippen LogP contribution is 2.25. The minimum atomic E-state index is 0.0202. The molecule has 17 heavy (non-hydrogen) atoms. The fourth-order valence-electron chi connectivity index (χ4n) is 2.23. The molecule has 0 N–H and O–H groups in total. The molecule has 0 saturated carbocycles. The van der Waals surface area contributed by atoms with Crippen molar-refractivity contribution in [3.05, 3.63) is 48.3 Å². The van der Waals surface area contributed by atoms with E-state index in [0.29, 0.717) is 12.2 Å². The van der Waals surface area contributed by atoms with Crippen LogP contribution in [0, 0.1) is 0 Å². The largest absolute Gasteiger partial charge is 0.305 e. The van der Waals surface area contributed by atoms with Gasteiger partial charge in [-0.15, -0.1) is 0 Å². The fourth-order valence-corrected chi connectivity index (χ4v) is 2.23. The summed E-state index contributed by atoms with van der Waals surface area (Å²) < 4.78 is 1.79. The number of hydrogen-bond donors (Lipinski definition) is 0. The minimum Gasteiger partial charge on any atom is -0.305 e. The van der Waals surface area contributed by atoms with Crippen molar-refractivity contribution in [1.82, 2.24) is 9.78 Å². The molecule has 3 rings (SSSR count). The molecule has 2 heterocycles. The summed E-state index contributed by atoms with van der Waals surface area (Å²) in [7, 11) is 0. The van der Waals surface area contributed by atoms with E-state index in [1.807, 2.05) is 35.2 Å². The molecular formula is C13H13N3O. The van der Waals surface area contributed by atoms with Gasteiger partial charge in [-0.3, -0.25) is 9.48 Å². The van der Waals surface area contributed by atoms with Gasteiger partial charge in [-0.25, -0.2) is 0 Å². The molecule has 1 aromatic heterocycles. The van der Waals surface area contributed by atoms with Crippen LogP contribution < -0.4 is 4.90 Å². The molecule has 1 atom stereocenters. The van der Waals surface area contributed by atoms with E-state index in [4.69, 9.17) is 0 Å². The summed E-state index contributed by atoms with van der Waals surface area (Å²) in [4.78, 5) is 14.1. The van der Waals surface area contributed by atoms with Crippen LogP contribution in [-0.2, 0) is 0 Å². The number of hydrogen-bond acceptors (Lipinski definition) is 2. The zero-order valence-electron chi connectivity index (χ0n) is 9.58. The lowest BCUT2D eigenvalue weighted by Gasteiger charge is -2.31. The van der Waals surface area contributed by atoms with Gasteiger partial charge in [0.2, 0.25) is 0 Å². The molecule has 4 nitrogen and oxygen atoms in total. The van der Waals surface area contributed by atoms with Gasteiger partial charge >= 0.3 is 0 Å². The van der Waals surface area contributed by atoms with Crippen LogP contribution in [-0.4, -0.2) is 22.2 Å². The highest BCUT2D eigenvalue weighted by atomic mass is 16.2. The van der Waals surface area contributed by atoms with Crippen molar-refractivity contribution < 1.29 is 4.79 Å². The Hall–Kier alpha value is -2.10. The smallest absolute Gasteiger partial charge is 0.276 e. The normalized spacial score (nSPS) is 19.2. The molecule has 0 bridgehead atoms. The molecule has 0 aliphatic carbocycles. The summed E-state index contributed by atoms with van der Waals surface area (Å²) in [5.41, 5.74) is 1.60. The summed E-state index contributed by atoms with van der Waals surface area (Å²) in [6.07, 6.45) is 1.68. The van der Waals surface area contributed by atoms with Crippen molar-refractivity contribution in [3.8, 4) is 0 Å². The van der Waals surface area contributed by atoms with Crippen LogP contribution in [0.5, 0.6) is 0 Å². The summed E-state index contributed by atoms with van der Waals surface area (Å²) in [6, 6.07) is 11.7. The second kappa shape index (κ2) is 3.73. The first-order valence-corrected chi connectivity index (χ1v) is 5.68. The Morgan fingerprint density at radius 3 is 2.76 bits per heavy atom. The average Bonchev–Trinajstić information content (AvgIpc) is 2.85. The lowest BCUT2D eigenvalue weighted by atomic mass is 10.1. The Bertz CT molecular complexity index is 547. The second-order valence-electron chi connectivity index (χ2n) is 4.26. The highest BCUT2D eigenvalue weighted by Gasteiger charge is 2.29. The number of fused-ring (bicyclic) bond motifs is 1. The SMILES string of the molecule is C[C@H]1CN(c2ccccc2)C(=O)c2ccnn21. The number of rotatable bonds is 1. The van der Waals surface area contributed by atoms with Crippen LogP contribution in [0.15, 0.2) is 42.6 Å². The highest BCUT2D eigenvalue weighted by molar-refractivity contribution is 6.05. The molecule has 1 amide bonds. The van der Waals surface area contributed by atoms with E-state index in [9.17, 15) is 4.79 Å². The van der Waals surface area contributed by atoms with Crippen LogP contribution in [0.25, 0.3) is 0 Å². The second-order valence-corrected chi connectivity index (χ2v) is 4.26. The number of aromatic nitrogens is 2. The molecule has 2 aromatic rings. The van der Waals surface area contributed by atoms with E-state index in [2.05, 4.69) is 12.0 Å². The fraction of sp³-hybridized carbons (Fsp3) is 0.231. The van der Waals surface area contributed by atoms with Gasteiger partial charge in [0.1, 0.15) is 5.69 Å². The van der Waals surface area contributed by atoms with Crippen LogP contribution in [0.3, 0.4) is 0 Å². The molecule has 4 heteroatoms. The Balaban J connectivity index is 2.03. The van der Waals surface area contributed by atoms with Gasteiger partial charge in [0.05, 0.1) is 6.04 Å². The number of nitrogens with zero attached hydrogens (tertiary/aromatic N) is 3. The molecule has 0 unspecified atom stereocenters. The summed E-state index contributed by atoms with van der Waals surface area (Å²) >= 11 is 0. The van der Waals surface area contributed by atoms with Gasteiger partial charge in [0.25, 0.3) is 5.91 Å². The monoisotopic (exact) mass is 227 g/mol. The molecule has 1 aliphatic heterocycles. The van der Waals surface area contributed by atoms with Gasteiger partial charge in [-0.2, -0.15) is 5.10 Å². The van der Waals surface area contributed by atoms with Gasteiger partial charge < -0.3 is 4.90 Å². The third kappa shape index (κ3) is 1.53. The van der Waals surface area contributed by atoms with Gasteiger partial charge in [0.15, 0.2) is 0 Å². The maximum absolute atomic E-state index is 12.3. The molecular weight excluding hydrogens is 214 g/mol. The van der Waals surface area contributed by atoms with Gasteiger partial charge in [-0.05, 0) is 25.1 Å². The van der Waals surface area contributed by atoms with Crippen molar-refractivity contribution in [2.45, 2.75) is 13.0 Å². The quantitative estimate of drug-likeness (QED) is 0.748. The van der Waals surface area contributed by atoms with Crippen molar-refractivity contribution in [2.24, 2.45) is 0 Å². The van der Waals surface area contributed by atoms with E-state index >= 15 is 0 Å². The first-order valence-electron chi connectivity index (χ1n) is 5.68. The lowest BCUT2D eigenvalue weighted by molar-refractivity contribution is 0.0953. The van der Waals surface area contributed by atoms with Gasteiger partial charge in [-0.1, -0.05) is 18.2 Å². The Morgan fingerprint density at radius 1 is 1.24 bits per heavy atom. The van der Waals surface area contributed by atoms with Crippen LogP contribution in [0.4, 0.5) is 5.69 Å². The average molecular weight is 227 g/mol. The number of amides is 1. The predicted octanol–water partition coefficient (Wildman–Crippen LogP) is 2.10. The van der Waals surface area contributed by atoms with Gasteiger partial charge in [0, 0.05) is 18.4 Å². The predicted molar refractivity (Wildman–Crippen MR) is 65.1 cm³/mol. The number of para-hydroxylation sites is 1. The van der Waals surface area contributed by atoms with E-state index in [-0.39, 0.29) is 11.9 Å². The standard InChI is InChI=1S/C13H13N3O/c1-10-9-15(11-5-3-2-4-6-11)13(17)12-7-8-14-16(10)12/h2-8,10H,9H2,1H3/t10-/m0/s1. The zero-order chi connectivity index (χ0) is 11.8. The maximum Gasteiger partial charge on any atom is 0.276 e. The molecule has 0 saturated heterocycles. The maximum atomic E-state index is 12.3. The summed E-state index contributed by atoms with van der Waals surface area (Å²) in [6.45, 7) is 2.73. The summed E-state index contributed by atoms with van der Waals surface area (Å²) in [5.74, 6) is 0.0202. The van der Waals surface area contributed by atoms with E-state index in [1.165, 1.54) is 0 Å². The number of anilines is 1. The first kappa shape index (κ1) is 10.1. The van der Waals surface area contributed by atoms with E-state index in [0.717, 1.165) is 5.69 Å². The third-order valence-corrected chi connectivity index (χ3v) is 3.07. The lowest BCUT2D eigenvalue weighted by Crippen LogP contribution is -2.42. The molecule has 1 aromatic carbocycles. The molecule has 1 aliphatic rings. The molecule has 0 fully saturated rings. The molecule has 86 valence electrons. The first-order chi connectivity index (χ1) is 8.27. The van der Waals surface area contributed by atoms with E-state index < -0.39 is 0 Å². The molecule has 0 spiro atoms. The Morgan fingerprint density at radius 2 is 2.00 bits per heavy atom. The van der Waals surface area contributed by atoms with Crippen LogP contribution in [0.1, 0.15) is 23.5 Å². The molecule has 0 radical (unpaired) electrons. The topological polar surface area (TPSA) is 38.1 Å². The van der Waals surface area contributed by atoms with Crippen LogP contribution in [0.2, 0.25) is 0 Å². The minimum absolute atomic E-state index is 0.0202. The summed E-state index contributed by atoms with van der Waals surface area (Å²) in [5, 5.41) is 4.19. The zero-order valence-corrected chi connectivity index (χ0v) is 9.58. The third-order valence-electron chi connectivity index (χ3n) is 3.07. The number of carbonyl (C=O) groups excluding carboxylic acids is 1.